The van der Waals surface area contributed by atoms with Crippen molar-refractivity contribution in [3.63, 3.8) is 0 Å². The number of rotatable bonds is 12. The molecule has 0 heterocycles. The van der Waals surface area contributed by atoms with Gasteiger partial charge in [-0.3, -0.25) is 9.59 Å². The number of carbonyl (C=O) groups is 2. The van der Waals surface area contributed by atoms with E-state index in [0.29, 0.717) is 36.9 Å². The minimum Gasteiger partial charge on any atom is -0.493 e. The molecular formula is C30H36N2O4. The number of para-hydroxylation sites is 2. The van der Waals surface area contributed by atoms with Gasteiger partial charge in [0.1, 0.15) is 6.04 Å². The molecule has 6 heteroatoms. The third-order valence-electron chi connectivity index (χ3n) is 5.85. The molecule has 1 N–H and O–H groups in total. The average molecular weight is 489 g/mol. The molecule has 0 spiro atoms. The van der Waals surface area contributed by atoms with E-state index < -0.39 is 6.04 Å². The van der Waals surface area contributed by atoms with Gasteiger partial charge in [-0.25, -0.2) is 0 Å². The summed E-state index contributed by atoms with van der Waals surface area (Å²) in [5.41, 5.74) is 3.06. The van der Waals surface area contributed by atoms with Crippen molar-refractivity contribution in [2.75, 3.05) is 20.3 Å². The molecule has 0 saturated heterocycles. The summed E-state index contributed by atoms with van der Waals surface area (Å²) < 4.78 is 11.2. The molecule has 36 heavy (non-hydrogen) atoms. The molecule has 0 bridgehead atoms. The van der Waals surface area contributed by atoms with Gasteiger partial charge < -0.3 is 19.7 Å². The molecule has 6 nitrogen and oxygen atoms in total. The fourth-order valence-electron chi connectivity index (χ4n) is 3.83. The second-order valence-corrected chi connectivity index (χ2v) is 9.29. The van der Waals surface area contributed by atoms with Crippen molar-refractivity contribution in [1.29, 1.82) is 0 Å². The highest BCUT2D eigenvalue weighted by atomic mass is 16.5. The van der Waals surface area contributed by atoms with E-state index in [1.165, 1.54) is 0 Å². The highest BCUT2D eigenvalue weighted by molar-refractivity contribution is 5.88. The lowest BCUT2D eigenvalue weighted by Crippen LogP contribution is -2.52. The summed E-state index contributed by atoms with van der Waals surface area (Å²) in [7, 11) is 1.56. The molecular weight excluding hydrogens is 452 g/mol. The van der Waals surface area contributed by atoms with Crippen LogP contribution in [0.15, 0.2) is 78.9 Å². The van der Waals surface area contributed by atoms with Crippen LogP contribution >= 0.6 is 0 Å². The van der Waals surface area contributed by atoms with Crippen molar-refractivity contribution in [3.05, 3.63) is 95.6 Å². The van der Waals surface area contributed by atoms with Gasteiger partial charge in [0.2, 0.25) is 5.91 Å². The van der Waals surface area contributed by atoms with E-state index in [1.54, 1.807) is 24.1 Å². The lowest BCUT2D eigenvalue weighted by Gasteiger charge is -2.31. The normalized spacial score (nSPS) is 11.6. The van der Waals surface area contributed by atoms with Crippen LogP contribution in [0, 0.1) is 12.8 Å². The van der Waals surface area contributed by atoms with E-state index in [-0.39, 0.29) is 18.4 Å². The van der Waals surface area contributed by atoms with Crippen molar-refractivity contribution in [2.45, 2.75) is 39.8 Å². The van der Waals surface area contributed by atoms with Crippen molar-refractivity contribution >= 4 is 11.8 Å². The number of hydrogen-bond donors (Lipinski definition) is 1. The van der Waals surface area contributed by atoms with Gasteiger partial charge in [-0.1, -0.05) is 86.1 Å². The number of amides is 2. The Balaban J connectivity index is 1.90. The molecule has 0 aliphatic rings. The molecule has 3 aromatic carbocycles. The maximum absolute atomic E-state index is 13.6. The molecule has 1 atom stereocenters. The highest BCUT2D eigenvalue weighted by Gasteiger charge is 2.31. The fraction of sp³-hybridized carbons (Fsp3) is 0.333. The van der Waals surface area contributed by atoms with Crippen LogP contribution < -0.4 is 14.8 Å². The van der Waals surface area contributed by atoms with Crippen molar-refractivity contribution in [3.8, 4) is 11.5 Å². The first-order chi connectivity index (χ1) is 17.4. The van der Waals surface area contributed by atoms with Crippen LogP contribution in [-0.4, -0.2) is 43.0 Å². The Bertz CT molecular complexity index is 1110. The van der Waals surface area contributed by atoms with Gasteiger partial charge in [0, 0.05) is 19.5 Å². The molecule has 0 unspecified atom stereocenters. The Morgan fingerprint density at radius 3 is 2.14 bits per heavy atom. The zero-order valence-electron chi connectivity index (χ0n) is 21.6. The van der Waals surface area contributed by atoms with Gasteiger partial charge in [0.25, 0.3) is 5.91 Å². The predicted molar refractivity (Wildman–Crippen MR) is 142 cm³/mol. The Hall–Kier alpha value is -3.80. The number of ether oxygens (including phenoxy) is 2. The topological polar surface area (TPSA) is 67.9 Å². The Kier molecular flexibility index (Phi) is 9.92. The average Bonchev–Trinajstić information content (AvgIpc) is 2.89. The first-order valence-electron chi connectivity index (χ1n) is 12.3. The lowest BCUT2D eigenvalue weighted by molar-refractivity contribution is -0.142. The Morgan fingerprint density at radius 1 is 0.861 bits per heavy atom. The fourth-order valence-corrected chi connectivity index (χ4v) is 3.83. The number of carbonyl (C=O) groups excluding carboxylic acids is 2. The first-order valence-corrected chi connectivity index (χ1v) is 12.3. The van der Waals surface area contributed by atoms with E-state index in [4.69, 9.17) is 9.47 Å². The molecule has 2 amide bonds. The molecule has 190 valence electrons. The number of nitrogens with one attached hydrogen (secondary N) is 1. The molecule has 0 aliphatic carbocycles. The molecule has 3 rings (SSSR count). The summed E-state index contributed by atoms with van der Waals surface area (Å²) in [4.78, 5) is 28.7. The molecule has 0 aliphatic heterocycles. The second kappa shape index (κ2) is 13.3. The monoisotopic (exact) mass is 488 g/mol. The van der Waals surface area contributed by atoms with Crippen LogP contribution in [0.25, 0.3) is 0 Å². The minimum absolute atomic E-state index is 0.176. The minimum atomic E-state index is -0.693. The maximum atomic E-state index is 13.6. The Morgan fingerprint density at radius 2 is 1.50 bits per heavy atom. The molecule has 3 aromatic rings. The summed E-state index contributed by atoms with van der Waals surface area (Å²) in [5, 5.41) is 3.03. The van der Waals surface area contributed by atoms with E-state index in [1.807, 2.05) is 87.5 Å². The van der Waals surface area contributed by atoms with E-state index in [2.05, 4.69) is 5.32 Å². The molecule has 0 radical (unpaired) electrons. The van der Waals surface area contributed by atoms with Crippen molar-refractivity contribution in [1.82, 2.24) is 10.2 Å². The number of nitrogens with zero attached hydrogens (tertiary/aromatic N) is 1. The molecule has 0 saturated carbocycles. The Labute approximate surface area is 214 Å². The van der Waals surface area contributed by atoms with Gasteiger partial charge in [0.15, 0.2) is 18.1 Å². The van der Waals surface area contributed by atoms with Crippen LogP contribution in [0.4, 0.5) is 0 Å². The lowest BCUT2D eigenvalue weighted by atomic mass is 10.0. The van der Waals surface area contributed by atoms with Crippen molar-refractivity contribution in [2.24, 2.45) is 5.92 Å². The first kappa shape index (κ1) is 26.8. The summed E-state index contributed by atoms with van der Waals surface area (Å²) in [5.74, 6) is 0.868. The third-order valence-corrected chi connectivity index (χ3v) is 5.85. The largest absolute Gasteiger partial charge is 0.493 e. The zero-order valence-corrected chi connectivity index (χ0v) is 21.6. The highest BCUT2D eigenvalue weighted by Crippen LogP contribution is 2.26. The smallest absolute Gasteiger partial charge is 0.261 e. The van der Waals surface area contributed by atoms with E-state index >= 15 is 0 Å². The van der Waals surface area contributed by atoms with Crippen LogP contribution in [0.1, 0.15) is 30.5 Å². The van der Waals surface area contributed by atoms with E-state index in [0.717, 1.165) is 16.7 Å². The van der Waals surface area contributed by atoms with Gasteiger partial charge in [-0.05, 0) is 36.1 Å². The molecule has 0 aromatic heterocycles. The quantitative estimate of drug-likeness (QED) is 0.398. The van der Waals surface area contributed by atoms with Crippen molar-refractivity contribution < 1.29 is 19.1 Å². The summed E-state index contributed by atoms with van der Waals surface area (Å²) in [6.45, 7) is 6.72. The SMILES string of the molecule is COc1ccccc1OCC(=O)N(Cc1ccc(C)cc1)[C@H](Cc1ccccc1)C(=O)NCC(C)C. The van der Waals surface area contributed by atoms with Gasteiger partial charge in [-0.15, -0.1) is 0 Å². The van der Waals surface area contributed by atoms with Crippen LogP contribution in [0.5, 0.6) is 11.5 Å². The summed E-state index contributed by atoms with van der Waals surface area (Å²) in [6.07, 6.45) is 0.400. The van der Waals surface area contributed by atoms with Crippen LogP contribution in [0.3, 0.4) is 0 Å². The second-order valence-electron chi connectivity index (χ2n) is 9.29. The number of methoxy groups -OCH3 is 1. The van der Waals surface area contributed by atoms with E-state index in [9.17, 15) is 9.59 Å². The predicted octanol–water partition coefficient (Wildman–Crippen LogP) is 4.79. The summed E-state index contributed by atoms with van der Waals surface area (Å²) >= 11 is 0. The number of hydrogen-bond acceptors (Lipinski definition) is 4. The number of benzene rings is 3. The van der Waals surface area contributed by atoms with Crippen LogP contribution in [0.2, 0.25) is 0 Å². The standard InChI is InChI=1S/C30H36N2O4/c1-22(2)19-31-30(34)26(18-24-10-6-5-7-11-24)32(20-25-16-14-23(3)15-17-25)29(33)21-36-28-13-9-8-12-27(28)35-4/h5-17,22,26H,18-21H2,1-4H3,(H,31,34)/t26-/m1/s1. The van der Waals surface area contributed by atoms with Gasteiger partial charge in [0.05, 0.1) is 7.11 Å². The number of aryl methyl sites for hydroxylation is 1. The maximum Gasteiger partial charge on any atom is 0.261 e. The van der Waals surface area contributed by atoms with Gasteiger partial charge in [-0.2, -0.15) is 0 Å². The molecule has 0 fully saturated rings. The summed E-state index contributed by atoms with van der Waals surface area (Å²) in [6, 6.07) is 24.3. The van der Waals surface area contributed by atoms with Crippen LogP contribution in [-0.2, 0) is 22.6 Å². The zero-order chi connectivity index (χ0) is 25.9. The van der Waals surface area contributed by atoms with Gasteiger partial charge >= 0.3 is 0 Å². The third kappa shape index (κ3) is 7.87.